The van der Waals surface area contributed by atoms with E-state index in [1.54, 1.807) is 7.11 Å². The molecular formula is C23H29NO4. The van der Waals surface area contributed by atoms with E-state index in [4.69, 9.17) is 9.47 Å². The first-order valence-corrected chi connectivity index (χ1v) is 9.68. The number of nitrogens with one attached hydrogen (secondary N) is 1. The van der Waals surface area contributed by atoms with Crippen molar-refractivity contribution in [2.75, 3.05) is 7.11 Å². The Morgan fingerprint density at radius 3 is 2.46 bits per heavy atom. The summed E-state index contributed by atoms with van der Waals surface area (Å²) in [5.74, 6) is 1.58. The normalized spacial score (nSPS) is 17.7. The zero-order valence-corrected chi connectivity index (χ0v) is 17.2. The van der Waals surface area contributed by atoms with Gasteiger partial charge in [-0.25, -0.2) is 4.79 Å². The molecule has 1 atom stereocenters. The van der Waals surface area contributed by atoms with Crippen LogP contribution in [0.4, 0.5) is 4.79 Å². The Hall–Kier alpha value is -2.69. The number of amides is 1. The van der Waals surface area contributed by atoms with Gasteiger partial charge in [-0.05, 0) is 73.1 Å². The van der Waals surface area contributed by atoms with Crippen molar-refractivity contribution in [2.24, 2.45) is 5.41 Å². The van der Waals surface area contributed by atoms with Gasteiger partial charge in [-0.3, -0.25) is 0 Å². The van der Waals surface area contributed by atoms with Gasteiger partial charge in [0.05, 0.1) is 19.3 Å². The Kier molecular flexibility index (Phi) is 5.54. The highest BCUT2D eigenvalue weighted by molar-refractivity contribution is 5.73. The molecule has 0 aliphatic heterocycles. The largest absolute Gasteiger partial charge is 0.496 e. The van der Waals surface area contributed by atoms with Crippen LogP contribution in [0.3, 0.4) is 0 Å². The second-order valence-electron chi connectivity index (χ2n) is 8.31. The summed E-state index contributed by atoms with van der Waals surface area (Å²) in [5.41, 5.74) is 4.05. The average molecular weight is 383 g/mol. The standard InChI is InChI=1S/C23H29NO4/c1-14(2)28-17-8-6-15(7-9-17)18-12-16-10-11-23(3,4)21(24-22(25)26)19(16)13-20(18)27-5/h6-9,12-14,21,24H,10-11H2,1-5H3,(H,25,26). The van der Waals surface area contributed by atoms with E-state index in [1.807, 2.05) is 44.2 Å². The average Bonchev–Trinajstić information content (AvgIpc) is 2.63. The summed E-state index contributed by atoms with van der Waals surface area (Å²) in [6, 6.07) is 11.9. The number of rotatable bonds is 5. The lowest BCUT2D eigenvalue weighted by Crippen LogP contribution is -2.40. The Morgan fingerprint density at radius 1 is 1.21 bits per heavy atom. The minimum absolute atomic E-state index is 0.131. The lowest BCUT2D eigenvalue weighted by Gasteiger charge is -2.40. The molecular weight excluding hydrogens is 354 g/mol. The van der Waals surface area contributed by atoms with Gasteiger partial charge in [0.2, 0.25) is 0 Å². The fraction of sp³-hybridized carbons (Fsp3) is 0.435. The van der Waals surface area contributed by atoms with Crippen molar-refractivity contribution in [3.63, 3.8) is 0 Å². The Balaban J connectivity index is 2.02. The van der Waals surface area contributed by atoms with Crippen molar-refractivity contribution < 1.29 is 19.4 Å². The van der Waals surface area contributed by atoms with Crippen LogP contribution in [0.5, 0.6) is 11.5 Å². The van der Waals surface area contributed by atoms with Crippen LogP contribution in [-0.2, 0) is 6.42 Å². The predicted octanol–water partition coefficient (Wildman–Crippen LogP) is 5.43. The molecule has 150 valence electrons. The molecule has 2 aromatic carbocycles. The fourth-order valence-electron chi connectivity index (χ4n) is 3.92. The molecule has 1 unspecified atom stereocenters. The predicted molar refractivity (Wildman–Crippen MR) is 110 cm³/mol. The SMILES string of the molecule is COc1cc2c(cc1-c1ccc(OC(C)C)cc1)CCC(C)(C)C2NC(=O)O. The molecule has 2 N–H and O–H groups in total. The van der Waals surface area contributed by atoms with Crippen LogP contribution in [0.1, 0.15) is 51.3 Å². The molecule has 0 fully saturated rings. The maximum absolute atomic E-state index is 11.4. The smallest absolute Gasteiger partial charge is 0.405 e. The molecule has 1 aliphatic rings. The number of hydrogen-bond acceptors (Lipinski definition) is 3. The molecule has 0 saturated heterocycles. The summed E-state index contributed by atoms with van der Waals surface area (Å²) < 4.78 is 11.4. The van der Waals surface area contributed by atoms with Crippen molar-refractivity contribution in [3.05, 3.63) is 47.5 Å². The first kappa shape index (κ1) is 20.1. The second-order valence-corrected chi connectivity index (χ2v) is 8.31. The van der Waals surface area contributed by atoms with Gasteiger partial charge in [0.15, 0.2) is 0 Å². The van der Waals surface area contributed by atoms with Gasteiger partial charge in [0.1, 0.15) is 11.5 Å². The number of carboxylic acid groups (broad SMARTS) is 1. The molecule has 3 rings (SSSR count). The Bertz CT molecular complexity index is 856. The molecule has 0 radical (unpaired) electrons. The lowest BCUT2D eigenvalue weighted by atomic mass is 9.70. The van der Waals surface area contributed by atoms with E-state index < -0.39 is 6.09 Å². The van der Waals surface area contributed by atoms with Crippen LogP contribution in [0.2, 0.25) is 0 Å². The molecule has 2 aromatic rings. The van der Waals surface area contributed by atoms with Crippen LogP contribution in [0.25, 0.3) is 11.1 Å². The van der Waals surface area contributed by atoms with Crippen molar-refractivity contribution in [1.29, 1.82) is 0 Å². The van der Waals surface area contributed by atoms with Gasteiger partial charge in [0, 0.05) is 5.56 Å². The van der Waals surface area contributed by atoms with E-state index in [9.17, 15) is 9.90 Å². The van der Waals surface area contributed by atoms with Crippen LogP contribution >= 0.6 is 0 Å². The van der Waals surface area contributed by atoms with Gasteiger partial charge in [-0.2, -0.15) is 0 Å². The number of carbonyl (C=O) groups is 1. The lowest BCUT2D eigenvalue weighted by molar-refractivity contribution is 0.161. The summed E-state index contributed by atoms with van der Waals surface area (Å²) in [7, 11) is 1.65. The highest BCUT2D eigenvalue weighted by Crippen LogP contribution is 2.46. The molecule has 5 heteroatoms. The number of fused-ring (bicyclic) bond motifs is 1. The molecule has 28 heavy (non-hydrogen) atoms. The zero-order chi connectivity index (χ0) is 20.5. The van der Waals surface area contributed by atoms with Crippen LogP contribution in [-0.4, -0.2) is 24.4 Å². The number of benzene rings is 2. The van der Waals surface area contributed by atoms with Crippen LogP contribution in [0.15, 0.2) is 36.4 Å². The minimum atomic E-state index is -1.00. The van der Waals surface area contributed by atoms with E-state index in [0.29, 0.717) is 0 Å². The molecule has 5 nitrogen and oxygen atoms in total. The van der Waals surface area contributed by atoms with Crippen LogP contribution in [0, 0.1) is 5.41 Å². The molecule has 0 spiro atoms. The maximum Gasteiger partial charge on any atom is 0.405 e. The van der Waals surface area contributed by atoms with E-state index in [2.05, 4.69) is 25.2 Å². The summed E-state index contributed by atoms with van der Waals surface area (Å²) in [6.45, 7) is 8.21. The van der Waals surface area contributed by atoms with Gasteiger partial charge in [-0.1, -0.05) is 26.0 Å². The minimum Gasteiger partial charge on any atom is -0.496 e. The Morgan fingerprint density at radius 2 is 1.89 bits per heavy atom. The molecule has 1 aliphatic carbocycles. The highest BCUT2D eigenvalue weighted by Gasteiger charge is 2.37. The maximum atomic E-state index is 11.4. The van der Waals surface area contributed by atoms with Crippen molar-refractivity contribution in [2.45, 2.75) is 52.7 Å². The van der Waals surface area contributed by atoms with E-state index in [1.165, 1.54) is 0 Å². The van der Waals surface area contributed by atoms with E-state index in [0.717, 1.165) is 46.6 Å². The third-order valence-electron chi connectivity index (χ3n) is 5.40. The van der Waals surface area contributed by atoms with E-state index in [-0.39, 0.29) is 17.6 Å². The zero-order valence-electron chi connectivity index (χ0n) is 17.2. The van der Waals surface area contributed by atoms with Gasteiger partial charge in [0.25, 0.3) is 0 Å². The first-order valence-electron chi connectivity index (χ1n) is 9.68. The summed E-state index contributed by atoms with van der Waals surface area (Å²) in [6.07, 6.45) is 0.949. The molecule has 0 heterocycles. The van der Waals surface area contributed by atoms with Gasteiger partial charge >= 0.3 is 6.09 Å². The summed E-state index contributed by atoms with van der Waals surface area (Å²) >= 11 is 0. The monoisotopic (exact) mass is 383 g/mol. The molecule has 0 aromatic heterocycles. The number of ether oxygens (including phenoxy) is 2. The number of hydrogen-bond donors (Lipinski definition) is 2. The van der Waals surface area contributed by atoms with Gasteiger partial charge in [-0.15, -0.1) is 0 Å². The summed E-state index contributed by atoms with van der Waals surface area (Å²) in [5, 5.41) is 12.0. The third kappa shape index (κ3) is 4.08. The van der Waals surface area contributed by atoms with Gasteiger partial charge < -0.3 is 19.9 Å². The molecule has 1 amide bonds. The molecule has 0 bridgehead atoms. The highest BCUT2D eigenvalue weighted by atomic mass is 16.5. The topological polar surface area (TPSA) is 67.8 Å². The number of aryl methyl sites for hydroxylation is 1. The first-order chi connectivity index (χ1) is 13.2. The third-order valence-corrected chi connectivity index (χ3v) is 5.40. The Labute approximate surface area is 166 Å². The number of methoxy groups -OCH3 is 1. The quantitative estimate of drug-likeness (QED) is 0.722. The van der Waals surface area contributed by atoms with Crippen molar-refractivity contribution in [3.8, 4) is 22.6 Å². The van der Waals surface area contributed by atoms with Crippen molar-refractivity contribution >= 4 is 6.09 Å². The summed E-state index contributed by atoms with van der Waals surface area (Å²) in [4.78, 5) is 11.4. The molecule has 0 saturated carbocycles. The van der Waals surface area contributed by atoms with Crippen molar-refractivity contribution in [1.82, 2.24) is 5.32 Å². The van der Waals surface area contributed by atoms with Crippen LogP contribution < -0.4 is 14.8 Å². The van der Waals surface area contributed by atoms with E-state index >= 15 is 0 Å². The fourth-order valence-corrected chi connectivity index (χ4v) is 3.92. The second kappa shape index (κ2) is 7.74.